The molecule has 3 aromatic heterocycles. The van der Waals surface area contributed by atoms with Gasteiger partial charge in [0.05, 0.1) is 33.1 Å². The topological polar surface area (TPSA) is 88.2 Å². The molecule has 0 saturated carbocycles. The molecule has 3 N–H and O–H groups in total. The highest BCUT2D eigenvalue weighted by Crippen LogP contribution is 2.34. The Morgan fingerprint density at radius 1 is 0.950 bits per heavy atom. The van der Waals surface area contributed by atoms with Crippen LogP contribution in [0.4, 0.5) is 25.0 Å². The molecular formula is C30H27F2N5O2S. The van der Waals surface area contributed by atoms with Gasteiger partial charge in [0.1, 0.15) is 11.6 Å². The summed E-state index contributed by atoms with van der Waals surface area (Å²) < 4.78 is 34.9. The summed E-state index contributed by atoms with van der Waals surface area (Å²) >= 11 is 1.57. The average Bonchev–Trinajstić information content (AvgIpc) is 3.40. The van der Waals surface area contributed by atoms with E-state index in [1.54, 1.807) is 42.8 Å². The van der Waals surface area contributed by atoms with E-state index < -0.39 is 17.7 Å². The van der Waals surface area contributed by atoms with Gasteiger partial charge in [-0.15, -0.1) is 11.3 Å². The Balaban J connectivity index is 1.27. The van der Waals surface area contributed by atoms with E-state index in [4.69, 9.17) is 4.74 Å². The standard InChI is InChI=1S/C30H27F2N5O2S/c1-39-13-12-33-17-19-6-9-26(35-18-19)28-16-27-29(40-28)21(10-11-34-27)14-20-7-8-22(15-24(20)32)36-30(38)37-25-5-3-2-4-23(25)31/h2-11,15-16,18,33H,12-14,17H2,1H3,(H2,36,37,38). The van der Waals surface area contributed by atoms with Crippen molar-refractivity contribution in [3.8, 4) is 10.6 Å². The maximum Gasteiger partial charge on any atom is 0.323 e. The van der Waals surface area contributed by atoms with Crippen LogP contribution in [0.5, 0.6) is 0 Å². The first-order chi connectivity index (χ1) is 19.5. The molecule has 2 amide bonds. The molecule has 0 aliphatic carbocycles. The number of benzene rings is 2. The van der Waals surface area contributed by atoms with Crippen LogP contribution in [0.2, 0.25) is 0 Å². The molecule has 3 heterocycles. The number of carbonyl (C=O) groups is 1. The van der Waals surface area contributed by atoms with Gasteiger partial charge in [-0.25, -0.2) is 13.6 Å². The first kappa shape index (κ1) is 27.3. The van der Waals surface area contributed by atoms with Crippen LogP contribution in [-0.2, 0) is 17.7 Å². The molecule has 5 rings (SSSR count). The van der Waals surface area contributed by atoms with Gasteiger partial charge in [-0.2, -0.15) is 0 Å². The number of hydrogen-bond acceptors (Lipinski definition) is 6. The molecule has 0 atom stereocenters. The third-order valence-electron chi connectivity index (χ3n) is 6.20. The van der Waals surface area contributed by atoms with Gasteiger partial charge in [-0.3, -0.25) is 9.97 Å². The number of aromatic nitrogens is 2. The summed E-state index contributed by atoms with van der Waals surface area (Å²) in [6.07, 6.45) is 3.93. The predicted molar refractivity (Wildman–Crippen MR) is 155 cm³/mol. The minimum atomic E-state index is -0.664. The number of fused-ring (bicyclic) bond motifs is 1. The van der Waals surface area contributed by atoms with E-state index in [9.17, 15) is 9.18 Å². The number of thiophene rings is 1. The number of nitrogens with zero attached hydrogens (tertiary/aromatic N) is 2. The summed E-state index contributed by atoms with van der Waals surface area (Å²) in [4.78, 5) is 22.4. The van der Waals surface area contributed by atoms with Crippen molar-refractivity contribution in [1.82, 2.24) is 15.3 Å². The average molecular weight is 560 g/mol. The second kappa shape index (κ2) is 12.7. The second-order valence-corrected chi connectivity index (χ2v) is 10.1. The Morgan fingerprint density at radius 3 is 2.60 bits per heavy atom. The maximum absolute atomic E-state index is 15.1. The predicted octanol–water partition coefficient (Wildman–Crippen LogP) is 6.61. The fourth-order valence-corrected chi connectivity index (χ4v) is 5.26. The number of halogens is 2. The van der Waals surface area contributed by atoms with E-state index in [0.717, 1.165) is 38.5 Å². The molecule has 40 heavy (non-hydrogen) atoms. The molecule has 2 aromatic carbocycles. The molecule has 0 spiro atoms. The first-order valence-electron chi connectivity index (χ1n) is 12.6. The normalized spacial score (nSPS) is 11.1. The molecule has 5 aromatic rings. The van der Waals surface area contributed by atoms with Crippen LogP contribution in [-0.4, -0.2) is 36.3 Å². The fraction of sp³-hybridized carbons (Fsp3) is 0.167. The van der Waals surface area contributed by atoms with Crippen LogP contribution in [0, 0.1) is 11.6 Å². The first-order valence-corrected chi connectivity index (χ1v) is 13.4. The summed E-state index contributed by atoms with van der Waals surface area (Å²) in [5.41, 5.74) is 4.48. The number of hydrogen-bond donors (Lipinski definition) is 3. The summed E-state index contributed by atoms with van der Waals surface area (Å²) in [6.45, 7) is 2.14. The number of pyridine rings is 2. The zero-order valence-corrected chi connectivity index (χ0v) is 22.5. The molecule has 0 bridgehead atoms. The summed E-state index contributed by atoms with van der Waals surface area (Å²) in [7, 11) is 1.67. The van der Waals surface area contributed by atoms with E-state index in [1.807, 2.05) is 30.5 Å². The van der Waals surface area contributed by atoms with E-state index in [-0.39, 0.29) is 11.4 Å². The lowest BCUT2D eigenvalue weighted by atomic mass is 10.0. The zero-order chi connectivity index (χ0) is 27.9. The van der Waals surface area contributed by atoms with Crippen molar-refractivity contribution in [2.45, 2.75) is 13.0 Å². The Morgan fingerprint density at radius 2 is 1.82 bits per heavy atom. The molecule has 7 nitrogen and oxygen atoms in total. The molecule has 204 valence electrons. The Bertz CT molecular complexity index is 1620. The Labute approximate surface area is 234 Å². The summed E-state index contributed by atoms with van der Waals surface area (Å²) in [5, 5.41) is 8.26. The molecular weight excluding hydrogens is 532 g/mol. The highest BCUT2D eigenvalue weighted by atomic mass is 32.1. The van der Waals surface area contributed by atoms with E-state index in [1.165, 1.54) is 24.3 Å². The van der Waals surface area contributed by atoms with Gasteiger partial charge in [0.25, 0.3) is 0 Å². The molecule has 0 saturated heterocycles. The number of methoxy groups -OCH3 is 1. The van der Waals surface area contributed by atoms with E-state index in [0.29, 0.717) is 25.1 Å². The monoisotopic (exact) mass is 559 g/mol. The van der Waals surface area contributed by atoms with Crippen LogP contribution in [0.1, 0.15) is 16.7 Å². The number of nitrogens with one attached hydrogen (secondary N) is 3. The molecule has 0 radical (unpaired) electrons. The summed E-state index contributed by atoms with van der Waals surface area (Å²) in [5.74, 6) is -1.01. The van der Waals surface area contributed by atoms with Crippen LogP contribution in [0.25, 0.3) is 20.8 Å². The van der Waals surface area contributed by atoms with Crippen LogP contribution < -0.4 is 16.0 Å². The third kappa shape index (κ3) is 6.66. The van der Waals surface area contributed by atoms with Gasteiger partial charge < -0.3 is 20.7 Å². The van der Waals surface area contributed by atoms with Gasteiger partial charge >= 0.3 is 6.03 Å². The van der Waals surface area contributed by atoms with E-state index in [2.05, 4.69) is 25.9 Å². The highest BCUT2D eigenvalue weighted by molar-refractivity contribution is 7.22. The van der Waals surface area contributed by atoms with Crippen molar-refractivity contribution in [1.29, 1.82) is 0 Å². The highest BCUT2D eigenvalue weighted by Gasteiger charge is 2.14. The molecule has 0 unspecified atom stereocenters. The zero-order valence-electron chi connectivity index (χ0n) is 21.7. The number of anilines is 2. The van der Waals surface area contributed by atoms with Crippen LogP contribution in [0.3, 0.4) is 0 Å². The van der Waals surface area contributed by atoms with Crippen molar-refractivity contribution in [2.75, 3.05) is 30.9 Å². The van der Waals surface area contributed by atoms with Gasteiger partial charge in [-0.05, 0) is 59.2 Å². The van der Waals surface area contributed by atoms with Crippen LogP contribution >= 0.6 is 11.3 Å². The number of rotatable bonds is 10. The molecule has 0 fully saturated rings. The van der Waals surface area contributed by atoms with Gasteiger partial charge in [0.2, 0.25) is 0 Å². The van der Waals surface area contributed by atoms with Crippen LogP contribution in [0.15, 0.2) is 79.1 Å². The maximum atomic E-state index is 15.1. The number of ether oxygens (including phenoxy) is 1. The molecule has 0 aliphatic rings. The van der Waals surface area contributed by atoms with Crippen molar-refractivity contribution >= 4 is 39.0 Å². The SMILES string of the molecule is COCCNCc1ccc(-c2cc3nccc(Cc4ccc(NC(=O)Nc5ccccc5F)cc4F)c3s2)nc1. The van der Waals surface area contributed by atoms with Gasteiger partial charge in [-0.1, -0.05) is 24.3 Å². The van der Waals surface area contributed by atoms with Gasteiger partial charge in [0, 0.05) is 44.7 Å². The minimum Gasteiger partial charge on any atom is -0.383 e. The largest absolute Gasteiger partial charge is 0.383 e. The van der Waals surface area contributed by atoms with Crippen molar-refractivity contribution < 1.29 is 18.3 Å². The van der Waals surface area contributed by atoms with Crippen molar-refractivity contribution in [2.24, 2.45) is 0 Å². The third-order valence-corrected chi connectivity index (χ3v) is 7.42. The minimum absolute atomic E-state index is 0.0372. The molecule has 0 aliphatic heterocycles. The van der Waals surface area contributed by atoms with Gasteiger partial charge in [0.15, 0.2) is 0 Å². The lowest BCUT2D eigenvalue weighted by Gasteiger charge is -2.10. The number of amides is 2. The van der Waals surface area contributed by atoms with Crippen molar-refractivity contribution in [3.05, 3.63) is 107 Å². The van der Waals surface area contributed by atoms with E-state index >= 15 is 4.39 Å². The smallest absolute Gasteiger partial charge is 0.323 e. The Kier molecular flexibility index (Phi) is 8.70. The number of para-hydroxylation sites is 1. The fourth-order valence-electron chi connectivity index (χ4n) is 4.16. The lowest BCUT2D eigenvalue weighted by molar-refractivity contribution is 0.199. The number of urea groups is 1. The number of carbonyl (C=O) groups excluding carboxylic acids is 1. The van der Waals surface area contributed by atoms with Crippen molar-refractivity contribution in [3.63, 3.8) is 0 Å². The summed E-state index contributed by atoms with van der Waals surface area (Å²) in [6, 6.07) is 17.6. The molecule has 10 heteroatoms. The second-order valence-electron chi connectivity index (χ2n) is 9.06. The quantitative estimate of drug-likeness (QED) is 0.168. The Hall–Kier alpha value is -4.25. The lowest BCUT2D eigenvalue weighted by Crippen LogP contribution is -2.20.